The Morgan fingerprint density at radius 3 is 1.57 bits per heavy atom. The molecule has 0 heterocycles. The van der Waals surface area contributed by atoms with Crippen LogP contribution in [0.3, 0.4) is 0 Å². The van der Waals surface area contributed by atoms with Crippen LogP contribution in [0, 0.1) is 11.3 Å². The predicted molar refractivity (Wildman–Crippen MR) is 63.5 cm³/mol. The van der Waals surface area contributed by atoms with E-state index in [0.29, 0.717) is 11.3 Å². The van der Waals surface area contributed by atoms with Crippen molar-refractivity contribution in [3.63, 3.8) is 0 Å². The van der Waals surface area contributed by atoms with E-state index in [1.54, 1.807) is 0 Å². The standard InChI is InChI=1S/C9H18.C2H6.CH2O2/c1-7(2)8(3)9(4,5)6;1-2;2-1-3/h8H,1H2,2-6H3;1-2H3;1H,(H,2,3). The van der Waals surface area contributed by atoms with Crippen LogP contribution in [0.25, 0.3) is 0 Å². The zero-order valence-corrected chi connectivity index (χ0v) is 10.7. The monoisotopic (exact) mass is 202 g/mol. The first-order valence-corrected chi connectivity index (χ1v) is 5.00. The predicted octanol–water partition coefficient (Wildman–Crippen LogP) is 3.97. The summed E-state index contributed by atoms with van der Waals surface area (Å²) >= 11 is 0. The fraction of sp³-hybridized carbons (Fsp3) is 0.750. The molecular formula is C12H26O2. The Morgan fingerprint density at radius 1 is 1.36 bits per heavy atom. The van der Waals surface area contributed by atoms with Gasteiger partial charge in [-0.05, 0) is 18.3 Å². The van der Waals surface area contributed by atoms with Gasteiger partial charge in [-0.15, -0.1) is 0 Å². The van der Waals surface area contributed by atoms with Gasteiger partial charge in [-0.1, -0.05) is 53.7 Å². The first-order valence-electron chi connectivity index (χ1n) is 5.00. The molecule has 2 heteroatoms. The number of hydrogen-bond acceptors (Lipinski definition) is 1. The molecule has 0 aromatic heterocycles. The molecule has 1 unspecified atom stereocenters. The minimum atomic E-state index is -0.250. The van der Waals surface area contributed by atoms with Gasteiger partial charge in [0.25, 0.3) is 6.47 Å². The topological polar surface area (TPSA) is 37.3 Å². The lowest BCUT2D eigenvalue weighted by Crippen LogP contribution is -2.17. The molecule has 0 saturated heterocycles. The number of allylic oxidation sites excluding steroid dienone is 1. The van der Waals surface area contributed by atoms with E-state index in [2.05, 4.69) is 41.2 Å². The molecule has 86 valence electrons. The molecule has 0 aliphatic rings. The van der Waals surface area contributed by atoms with E-state index < -0.39 is 0 Å². The molecule has 0 aliphatic carbocycles. The van der Waals surface area contributed by atoms with Gasteiger partial charge in [0.15, 0.2) is 0 Å². The molecule has 0 fully saturated rings. The SMILES string of the molecule is C=C(C)C(C)C(C)(C)C.CC.O=CO. The molecule has 0 amide bonds. The Balaban J connectivity index is -0.000000205. The molecule has 0 saturated carbocycles. The molecule has 1 N–H and O–H groups in total. The fourth-order valence-corrected chi connectivity index (χ4v) is 0.739. The van der Waals surface area contributed by atoms with Gasteiger partial charge in [0.05, 0.1) is 0 Å². The zero-order valence-electron chi connectivity index (χ0n) is 10.7. The largest absolute Gasteiger partial charge is 0.483 e. The summed E-state index contributed by atoms with van der Waals surface area (Å²) in [5, 5.41) is 6.89. The summed E-state index contributed by atoms with van der Waals surface area (Å²) in [5.41, 5.74) is 1.66. The molecule has 1 atom stereocenters. The van der Waals surface area contributed by atoms with Crippen LogP contribution >= 0.6 is 0 Å². The van der Waals surface area contributed by atoms with E-state index in [1.807, 2.05) is 13.8 Å². The van der Waals surface area contributed by atoms with Crippen LogP contribution in [-0.4, -0.2) is 11.6 Å². The second-order valence-corrected chi connectivity index (χ2v) is 4.04. The average Bonchev–Trinajstić information content (AvgIpc) is 2.06. The maximum atomic E-state index is 8.36. The third kappa shape index (κ3) is 13.8. The van der Waals surface area contributed by atoms with Crippen molar-refractivity contribution in [1.29, 1.82) is 0 Å². The van der Waals surface area contributed by atoms with E-state index in [1.165, 1.54) is 5.57 Å². The highest BCUT2D eigenvalue weighted by atomic mass is 16.3. The minimum Gasteiger partial charge on any atom is -0.483 e. The Hall–Kier alpha value is -0.790. The van der Waals surface area contributed by atoms with E-state index in [4.69, 9.17) is 9.90 Å². The van der Waals surface area contributed by atoms with Gasteiger partial charge < -0.3 is 5.11 Å². The third-order valence-electron chi connectivity index (χ3n) is 2.04. The molecule has 14 heavy (non-hydrogen) atoms. The molecule has 0 aliphatic heterocycles. The highest BCUT2D eigenvalue weighted by Gasteiger charge is 2.19. The summed E-state index contributed by atoms with van der Waals surface area (Å²) in [4.78, 5) is 8.36. The van der Waals surface area contributed by atoms with E-state index in [9.17, 15) is 0 Å². The lowest BCUT2D eigenvalue weighted by atomic mass is 9.78. The van der Waals surface area contributed by atoms with E-state index in [0.717, 1.165) is 0 Å². The van der Waals surface area contributed by atoms with Crippen molar-refractivity contribution in [2.45, 2.75) is 48.5 Å². The summed E-state index contributed by atoms with van der Waals surface area (Å²) in [6, 6.07) is 0. The molecule has 0 spiro atoms. The van der Waals surface area contributed by atoms with Crippen molar-refractivity contribution in [2.75, 3.05) is 0 Å². The fourth-order valence-electron chi connectivity index (χ4n) is 0.739. The number of carboxylic acid groups (broad SMARTS) is 1. The Morgan fingerprint density at radius 2 is 1.57 bits per heavy atom. The molecular weight excluding hydrogens is 176 g/mol. The lowest BCUT2D eigenvalue weighted by molar-refractivity contribution is -0.122. The van der Waals surface area contributed by atoms with Crippen LogP contribution in [0.2, 0.25) is 0 Å². The summed E-state index contributed by atoms with van der Waals surface area (Å²) in [6.07, 6.45) is 0. The average molecular weight is 202 g/mol. The Labute approximate surface area is 89.0 Å². The first kappa shape index (κ1) is 18.9. The normalized spacial score (nSPS) is 11.1. The number of hydrogen-bond donors (Lipinski definition) is 1. The summed E-state index contributed by atoms with van der Waals surface area (Å²) in [5.74, 6) is 0.623. The van der Waals surface area contributed by atoms with Crippen molar-refractivity contribution in [3.05, 3.63) is 12.2 Å². The lowest BCUT2D eigenvalue weighted by Gasteiger charge is -2.27. The van der Waals surface area contributed by atoms with Gasteiger partial charge in [0, 0.05) is 0 Å². The maximum Gasteiger partial charge on any atom is 0.290 e. The van der Waals surface area contributed by atoms with Crippen LogP contribution in [0.4, 0.5) is 0 Å². The number of carbonyl (C=O) groups is 1. The second kappa shape index (κ2) is 10.3. The minimum absolute atomic E-state index is 0.250. The van der Waals surface area contributed by atoms with Crippen LogP contribution in [0.1, 0.15) is 48.5 Å². The van der Waals surface area contributed by atoms with Gasteiger partial charge >= 0.3 is 0 Å². The molecule has 0 aromatic carbocycles. The maximum absolute atomic E-state index is 8.36. The van der Waals surface area contributed by atoms with Gasteiger partial charge in [-0.25, -0.2) is 0 Å². The summed E-state index contributed by atoms with van der Waals surface area (Å²) in [7, 11) is 0. The molecule has 0 bridgehead atoms. The first-order chi connectivity index (χ1) is 6.27. The summed E-state index contributed by atoms with van der Waals surface area (Å²) < 4.78 is 0. The van der Waals surface area contributed by atoms with Crippen LogP contribution in [0.5, 0.6) is 0 Å². The number of rotatable bonds is 1. The molecule has 2 nitrogen and oxygen atoms in total. The van der Waals surface area contributed by atoms with E-state index in [-0.39, 0.29) is 6.47 Å². The van der Waals surface area contributed by atoms with Crippen LogP contribution in [0.15, 0.2) is 12.2 Å². The Kier molecular flexibility index (Phi) is 13.9. The van der Waals surface area contributed by atoms with Crippen LogP contribution in [-0.2, 0) is 4.79 Å². The second-order valence-electron chi connectivity index (χ2n) is 4.04. The molecule has 0 aromatic rings. The van der Waals surface area contributed by atoms with Gasteiger partial charge in [-0.3, -0.25) is 4.79 Å². The van der Waals surface area contributed by atoms with Crippen molar-refractivity contribution in [1.82, 2.24) is 0 Å². The smallest absolute Gasteiger partial charge is 0.290 e. The van der Waals surface area contributed by atoms with E-state index >= 15 is 0 Å². The highest BCUT2D eigenvalue weighted by Crippen LogP contribution is 2.29. The quantitative estimate of drug-likeness (QED) is 0.516. The van der Waals surface area contributed by atoms with Crippen LogP contribution < -0.4 is 0 Å². The van der Waals surface area contributed by atoms with Gasteiger partial charge in [0.2, 0.25) is 0 Å². The third-order valence-corrected chi connectivity index (χ3v) is 2.04. The summed E-state index contributed by atoms with van der Waals surface area (Å²) in [6.45, 7) is 18.7. The van der Waals surface area contributed by atoms with Gasteiger partial charge in [-0.2, -0.15) is 0 Å². The van der Waals surface area contributed by atoms with Crippen molar-refractivity contribution >= 4 is 6.47 Å². The molecule has 0 rings (SSSR count). The highest BCUT2D eigenvalue weighted by molar-refractivity contribution is 5.32. The van der Waals surface area contributed by atoms with Gasteiger partial charge in [0.1, 0.15) is 0 Å². The molecule has 0 radical (unpaired) electrons. The van der Waals surface area contributed by atoms with Crippen molar-refractivity contribution in [2.24, 2.45) is 11.3 Å². The van der Waals surface area contributed by atoms with Crippen molar-refractivity contribution < 1.29 is 9.90 Å². The Bertz CT molecular complexity index is 143. The van der Waals surface area contributed by atoms with Crippen molar-refractivity contribution in [3.8, 4) is 0 Å². The zero-order chi connectivity index (χ0) is 12.4.